The van der Waals surface area contributed by atoms with Crippen LogP contribution in [0, 0.1) is 5.92 Å². The fraction of sp³-hybridized carbons (Fsp3) is 0.857. The Hall–Kier alpha value is -0.570. The molecular weight excluding hydrogens is 130 g/mol. The molecule has 10 heavy (non-hydrogen) atoms. The van der Waals surface area contributed by atoms with Crippen molar-refractivity contribution in [3.05, 3.63) is 0 Å². The molecule has 0 aromatic rings. The van der Waals surface area contributed by atoms with Gasteiger partial charge in [0, 0.05) is 5.92 Å². The number of carbonyl (C=O) groups is 1. The molecular formula is C7H13NO2. The van der Waals surface area contributed by atoms with E-state index in [2.05, 4.69) is 0 Å². The van der Waals surface area contributed by atoms with Crippen LogP contribution in [0.5, 0.6) is 0 Å². The first kappa shape index (κ1) is 7.54. The minimum absolute atomic E-state index is 0.111. The molecule has 1 saturated heterocycles. The number of hydrogen-bond donors (Lipinski definition) is 1. The van der Waals surface area contributed by atoms with E-state index < -0.39 is 6.04 Å². The molecule has 1 rings (SSSR count). The number of esters is 1. The van der Waals surface area contributed by atoms with E-state index in [1.165, 1.54) is 0 Å². The lowest BCUT2D eigenvalue weighted by Gasteiger charge is -2.21. The number of ether oxygens (including phenoxy) is 1. The van der Waals surface area contributed by atoms with Gasteiger partial charge in [0.15, 0.2) is 0 Å². The van der Waals surface area contributed by atoms with Crippen molar-refractivity contribution in [3.8, 4) is 0 Å². The summed E-state index contributed by atoms with van der Waals surface area (Å²) in [7, 11) is 0. The largest absolute Gasteiger partial charge is 0.458 e. The van der Waals surface area contributed by atoms with E-state index in [9.17, 15) is 4.79 Å². The molecule has 0 aliphatic carbocycles. The average molecular weight is 143 g/mol. The van der Waals surface area contributed by atoms with Crippen molar-refractivity contribution in [1.82, 2.24) is 0 Å². The lowest BCUT2D eigenvalue weighted by Crippen LogP contribution is -2.35. The SMILES string of the molecule is C[C@H]1[C@H](N)C(=O)OC1(C)C. The van der Waals surface area contributed by atoms with Crippen LogP contribution in [0.2, 0.25) is 0 Å². The van der Waals surface area contributed by atoms with E-state index in [0.29, 0.717) is 0 Å². The van der Waals surface area contributed by atoms with Gasteiger partial charge in [-0.3, -0.25) is 4.79 Å². The summed E-state index contributed by atoms with van der Waals surface area (Å²) in [5, 5.41) is 0. The predicted molar refractivity (Wildman–Crippen MR) is 37.3 cm³/mol. The molecule has 0 saturated carbocycles. The molecule has 3 nitrogen and oxygen atoms in total. The summed E-state index contributed by atoms with van der Waals surface area (Å²) in [5.74, 6) is -0.169. The third-order valence-electron chi connectivity index (χ3n) is 2.27. The van der Waals surface area contributed by atoms with E-state index in [0.717, 1.165) is 0 Å². The quantitative estimate of drug-likeness (QED) is 0.496. The highest BCUT2D eigenvalue weighted by Crippen LogP contribution is 2.30. The zero-order chi connectivity index (χ0) is 7.94. The van der Waals surface area contributed by atoms with Gasteiger partial charge in [-0.25, -0.2) is 0 Å². The van der Waals surface area contributed by atoms with Gasteiger partial charge in [0.1, 0.15) is 11.6 Å². The van der Waals surface area contributed by atoms with Gasteiger partial charge in [0.25, 0.3) is 0 Å². The molecule has 0 aromatic carbocycles. The van der Waals surface area contributed by atoms with Crippen molar-refractivity contribution in [3.63, 3.8) is 0 Å². The Bertz CT molecular complexity index is 165. The summed E-state index contributed by atoms with van der Waals surface area (Å²) in [6.07, 6.45) is 0. The highest BCUT2D eigenvalue weighted by Gasteiger charge is 2.45. The molecule has 0 aromatic heterocycles. The first-order chi connectivity index (χ1) is 4.45. The molecule has 1 aliphatic heterocycles. The maximum atomic E-state index is 10.9. The molecule has 0 unspecified atom stereocenters. The fourth-order valence-electron chi connectivity index (χ4n) is 1.06. The van der Waals surface area contributed by atoms with Crippen LogP contribution in [0.25, 0.3) is 0 Å². The van der Waals surface area contributed by atoms with Crippen molar-refractivity contribution >= 4 is 5.97 Å². The highest BCUT2D eigenvalue weighted by atomic mass is 16.6. The van der Waals surface area contributed by atoms with Crippen LogP contribution in [-0.4, -0.2) is 17.6 Å². The van der Waals surface area contributed by atoms with Crippen LogP contribution in [-0.2, 0) is 9.53 Å². The maximum absolute atomic E-state index is 10.9. The van der Waals surface area contributed by atoms with Crippen LogP contribution in [0.1, 0.15) is 20.8 Å². The second-order valence-electron chi connectivity index (χ2n) is 3.34. The molecule has 1 aliphatic rings. The number of nitrogens with two attached hydrogens (primary N) is 1. The van der Waals surface area contributed by atoms with E-state index in [-0.39, 0.29) is 17.5 Å². The molecule has 58 valence electrons. The van der Waals surface area contributed by atoms with Crippen LogP contribution < -0.4 is 5.73 Å². The number of cyclic esters (lactones) is 1. The minimum atomic E-state index is -0.435. The monoisotopic (exact) mass is 143 g/mol. The molecule has 2 atom stereocenters. The lowest BCUT2D eigenvalue weighted by atomic mass is 9.90. The second-order valence-corrected chi connectivity index (χ2v) is 3.34. The smallest absolute Gasteiger partial charge is 0.323 e. The van der Waals surface area contributed by atoms with Gasteiger partial charge in [-0.1, -0.05) is 6.92 Å². The van der Waals surface area contributed by atoms with Gasteiger partial charge in [0.05, 0.1) is 0 Å². The standard InChI is InChI=1S/C7H13NO2/c1-4-5(8)6(9)10-7(4,2)3/h4-5H,8H2,1-3H3/t4-,5-/m0/s1. The fourth-order valence-corrected chi connectivity index (χ4v) is 1.06. The van der Waals surface area contributed by atoms with Crippen LogP contribution in [0.4, 0.5) is 0 Å². The summed E-state index contributed by atoms with van der Waals surface area (Å²) in [5.41, 5.74) is 5.14. The lowest BCUT2D eigenvalue weighted by molar-refractivity contribution is -0.147. The predicted octanol–water partition coefficient (Wildman–Crippen LogP) is 0.285. The summed E-state index contributed by atoms with van der Waals surface area (Å²) >= 11 is 0. The highest BCUT2D eigenvalue weighted by molar-refractivity contribution is 5.78. The van der Waals surface area contributed by atoms with E-state index in [4.69, 9.17) is 10.5 Å². The normalized spacial score (nSPS) is 37.8. The minimum Gasteiger partial charge on any atom is -0.458 e. The zero-order valence-corrected chi connectivity index (χ0v) is 6.55. The van der Waals surface area contributed by atoms with E-state index >= 15 is 0 Å². The van der Waals surface area contributed by atoms with E-state index in [1.807, 2.05) is 20.8 Å². The Balaban J connectivity index is 2.81. The van der Waals surface area contributed by atoms with Crippen LogP contribution >= 0.6 is 0 Å². The number of carbonyl (C=O) groups excluding carboxylic acids is 1. The molecule has 1 heterocycles. The summed E-state index contributed by atoms with van der Waals surface area (Å²) in [4.78, 5) is 10.9. The average Bonchev–Trinajstić information content (AvgIpc) is 1.95. The van der Waals surface area contributed by atoms with Crippen molar-refractivity contribution in [2.45, 2.75) is 32.4 Å². The first-order valence-electron chi connectivity index (χ1n) is 3.43. The van der Waals surface area contributed by atoms with Gasteiger partial charge in [0.2, 0.25) is 0 Å². The third-order valence-corrected chi connectivity index (χ3v) is 2.27. The van der Waals surface area contributed by atoms with Crippen LogP contribution in [0.15, 0.2) is 0 Å². The summed E-state index contributed by atoms with van der Waals surface area (Å²) in [6, 6.07) is -0.435. The topological polar surface area (TPSA) is 52.3 Å². The first-order valence-corrected chi connectivity index (χ1v) is 3.43. The zero-order valence-electron chi connectivity index (χ0n) is 6.55. The molecule has 0 bridgehead atoms. The Morgan fingerprint density at radius 3 is 2.20 bits per heavy atom. The molecule has 1 fully saturated rings. The summed E-state index contributed by atoms with van der Waals surface area (Å²) in [6.45, 7) is 5.68. The van der Waals surface area contributed by atoms with Crippen LogP contribution in [0.3, 0.4) is 0 Å². The number of rotatable bonds is 0. The van der Waals surface area contributed by atoms with Gasteiger partial charge in [-0.05, 0) is 13.8 Å². The van der Waals surface area contributed by atoms with Crippen molar-refractivity contribution < 1.29 is 9.53 Å². The van der Waals surface area contributed by atoms with Gasteiger partial charge >= 0.3 is 5.97 Å². The molecule has 3 heteroatoms. The Morgan fingerprint density at radius 1 is 1.60 bits per heavy atom. The number of hydrogen-bond acceptors (Lipinski definition) is 3. The van der Waals surface area contributed by atoms with Gasteiger partial charge in [-0.2, -0.15) is 0 Å². The Morgan fingerprint density at radius 2 is 2.10 bits per heavy atom. The van der Waals surface area contributed by atoms with Crippen molar-refractivity contribution in [2.24, 2.45) is 11.7 Å². The van der Waals surface area contributed by atoms with E-state index in [1.54, 1.807) is 0 Å². The molecule has 2 N–H and O–H groups in total. The second kappa shape index (κ2) is 1.95. The Labute approximate surface area is 60.5 Å². The maximum Gasteiger partial charge on any atom is 0.323 e. The Kier molecular flexibility index (Phi) is 1.47. The van der Waals surface area contributed by atoms with Gasteiger partial charge in [-0.15, -0.1) is 0 Å². The third kappa shape index (κ3) is 0.904. The summed E-state index contributed by atoms with van der Waals surface area (Å²) < 4.78 is 5.01. The molecule has 0 spiro atoms. The van der Waals surface area contributed by atoms with Crippen molar-refractivity contribution in [2.75, 3.05) is 0 Å². The van der Waals surface area contributed by atoms with Crippen molar-refractivity contribution in [1.29, 1.82) is 0 Å². The molecule has 0 amide bonds. The van der Waals surface area contributed by atoms with Gasteiger partial charge < -0.3 is 10.5 Å². The molecule has 0 radical (unpaired) electrons.